The summed E-state index contributed by atoms with van der Waals surface area (Å²) in [4.78, 5) is 29.8. The first kappa shape index (κ1) is 17.3. The van der Waals surface area contributed by atoms with Gasteiger partial charge < -0.3 is 10.1 Å². The molecule has 1 aliphatic carbocycles. The Morgan fingerprint density at radius 1 is 1.36 bits per heavy atom. The van der Waals surface area contributed by atoms with Crippen molar-refractivity contribution in [2.24, 2.45) is 0 Å². The van der Waals surface area contributed by atoms with Crippen molar-refractivity contribution in [2.45, 2.75) is 39.7 Å². The minimum atomic E-state index is -0.248. The minimum absolute atomic E-state index is 0.0868. The van der Waals surface area contributed by atoms with E-state index in [0.717, 1.165) is 35.5 Å². The van der Waals surface area contributed by atoms with E-state index >= 15 is 0 Å². The van der Waals surface area contributed by atoms with E-state index in [4.69, 9.17) is 4.74 Å². The Kier molecular flexibility index (Phi) is 4.98. The lowest BCUT2D eigenvalue weighted by Crippen LogP contribution is -2.37. The summed E-state index contributed by atoms with van der Waals surface area (Å²) >= 11 is 0. The lowest BCUT2D eigenvalue weighted by Gasteiger charge is -2.15. The number of aryl methyl sites for hydroxylation is 3. The summed E-state index contributed by atoms with van der Waals surface area (Å²) in [6.07, 6.45) is 2.42. The zero-order valence-corrected chi connectivity index (χ0v) is 14.8. The van der Waals surface area contributed by atoms with Crippen molar-refractivity contribution < 1.29 is 9.53 Å². The maximum atomic E-state index is 12.9. The van der Waals surface area contributed by atoms with Gasteiger partial charge in [0, 0.05) is 24.9 Å². The van der Waals surface area contributed by atoms with E-state index < -0.39 is 0 Å². The summed E-state index contributed by atoms with van der Waals surface area (Å²) in [5.41, 5.74) is 3.10. The van der Waals surface area contributed by atoms with Crippen molar-refractivity contribution in [2.75, 3.05) is 20.3 Å². The summed E-state index contributed by atoms with van der Waals surface area (Å²) in [6, 6.07) is 1.92. The van der Waals surface area contributed by atoms with Crippen molar-refractivity contribution in [1.82, 2.24) is 24.6 Å². The van der Waals surface area contributed by atoms with E-state index in [1.807, 2.05) is 19.9 Å². The highest BCUT2D eigenvalue weighted by Crippen LogP contribution is 2.19. The third-order valence-corrected chi connectivity index (χ3v) is 4.30. The van der Waals surface area contributed by atoms with E-state index in [-0.39, 0.29) is 18.0 Å². The Balaban J connectivity index is 2.02. The molecule has 8 heteroatoms. The molecule has 2 heterocycles. The molecule has 0 bridgehead atoms. The van der Waals surface area contributed by atoms with Crippen LogP contribution in [0.1, 0.15) is 29.1 Å². The monoisotopic (exact) mass is 345 g/mol. The fraction of sp³-hybridized carbons (Fsp3) is 0.529. The number of carbonyl (C=O) groups is 1. The first-order chi connectivity index (χ1) is 12.0. The predicted molar refractivity (Wildman–Crippen MR) is 92.0 cm³/mol. The maximum Gasteiger partial charge on any atom is 0.258 e. The van der Waals surface area contributed by atoms with Gasteiger partial charge in [-0.05, 0) is 39.2 Å². The van der Waals surface area contributed by atoms with Crippen molar-refractivity contribution in [3.05, 3.63) is 39.1 Å². The molecule has 1 N–H and O–H groups in total. The van der Waals surface area contributed by atoms with Crippen LogP contribution in [-0.2, 0) is 28.9 Å². The number of hydrogen-bond donors (Lipinski definition) is 1. The lowest BCUT2D eigenvalue weighted by atomic mass is 10.2. The topological polar surface area (TPSA) is 91.0 Å². The van der Waals surface area contributed by atoms with Gasteiger partial charge in [0.05, 0.1) is 18.0 Å². The third-order valence-electron chi connectivity index (χ3n) is 4.30. The number of carbonyl (C=O) groups excluding carboxylic acids is 1. The molecule has 1 amide bonds. The van der Waals surface area contributed by atoms with E-state index in [0.29, 0.717) is 25.5 Å². The van der Waals surface area contributed by atoms with E-state index in [1.165, 1.54) is 4.57 Å². The van der Waals surface area contributed by atoms with E-state index in [1.54, 1.807) is 11.8 Å². The standard InChI is InChI=1S/C17H23N5O3/c1-11-9-12(2)22(20-11)17-19-14-6-4-5-13(14)16(24)21(17)10-15(23)18-7-8-25-3/h9H,4-8,10H2,1-3H3,(H,18,23). The fourth-order valence-corrected chi connectivity index (χ4v) is 3.14. The summed E-state index contributed by atoms with van der Waals surface area (Å²) in [7, 11) is 1.57. The number of ether oxygens (including phenoxy) is 1. The van der Waals surface area contributed by atoms with Gasteiger partial charge in [-0.2, -0.15) is 5.10 Å². The molecule has 3 rings (SSSR count). The first-order valence-electron chi connectivity index (χ1n) is 8.43. The van der Waals surface area contributed by atoms with Gasteiger partial charge in [-0.25, -0.2) is 9.67 Å². The predicted octanol–water partition coefficient (Wildman–Crippen LogP) is 0.297. The maximum absolute atomic E-state index is 12.9. The molecule has 0 saturated carbocycles. The highest BCUT2D eigenvalue weighted by atomic mass is 16.5. The Labute approximate surface area is 145 Å². The Morgan fingerprint density at radius 2 is 2.16 bits per heavy atom. The number of nitrogens with one attached hydrogen (secondary N) is 1. The molecule has 25 heavy (non-hydrogen) atoms. The van der Waals surface area contributed by atoms with Crippen LogP contribution in [0.4, 0.5) is 0 Å². The number of rotatable bonds is 6. The molecule has 0 fully saturated rings. The zero-order valence-electron chi connectivity index (χ0n) is 14.8. The molecular formula is C17H23N5O3. The fourth-order valence-electron chi connectivity index (χ4n) is 3.14. The highest BCUT2D eigenvalue weighted by molar-refractivity contribution is 5.75. The molecule has 134 valence electrons. The first-order valence-corrected chi connectivity index (χ1v) is 8.43. The van der Waals surface area contributed by atoms with Crippen molar-refractivity contribution in [1.29, 1.82) is 0 Å². The molecule has 1 aliphatic rings. The van der Waals surface area contributed by atoms with Gasteiger partial charge in [0.2, 0.25) is 11.9 Å². The number of methoxy groups -OCH3 is 1. The van der Waals surface area contributed by atoms with Gasteiger partial charge >= 0.3 is 0 Å². The summed E-state index contributed by atoms with van der Waals surface area (Å²) in [5, 5.41) is 7.18. The summed E-state index contributed by atoms with van der Waals surface area (Å²) in [5.74, 6) is 0.153. The highest BCUT2D eigenvalue weighted by Gasteiger charge is 2.23. The second kappa shape index (κ2) is 7.18. The second-order valence-corrected chi connectivity index (χ2v) is 6.26. The SMILES string of the molecule is COCCNC(=O)Cn1c(-n2nc(C)cc2C)nc2c(c1=O)CCC2. The van der Waals surface area contributed by atoms with Crippen LogP contribution in [0.3, 0.4) is 0 Å². The van der Waals surface area contributed by atoms with Crippen LogP contribution >= 0.6 is 0 Å². The minimum Gasteiger partial charge on any atom is -0.383 e. The molecule has 0 saturated heterocycles. The summed E-state index contributed by atoms with van der Waals surface area (Å²) in [6.45, 7) is 4.53. The van der Waals surface area contributed by atoms with Crippen LogP contribution in [-0.4, -0.2) is 45.5 Å². The molecule has 0 unspecified atom stereocenters. The lowest BCUT2D eigenvalue weighted by molar-refractivity contribution is -0.121. The van der Waals surface area contributed by atoms with Gasteiger partial charge in [0.1, 0.15) is 6.54 Å². The second-order valence-electron chi connectivity index (χ2n) is 6.26. The molecule has 0 radical (unpaired) electrons. The smallest absolute Gasteiger partial charge is 0.258 e. The van der Waals surface area contributed by atoms with Crippen LogP contribution in [0.2, 0.25) is 0 Å². The molecule has 0 aromatic carbocycles. The normalized spacial score (nSPS) is 13.1. The van der Waals surface area contributed by atoms with Crippen molar-refractivity contribution in [3.63, 3.8) is 0 Å². The van der Waals surface area contributed by atoms with Gasteiger partial charge in [-0.3, -0.25) is 14.2 Å². The number of hydrogen-bond acceptors (Lipinski definition) is 5. The van der Waals surface area contributed by atoms with Gasteiger partial charge in [0.15, 0.2) is 0 Å². The van der Waals surface area contributed by atoms with Crippen molar-refractivity contribution in [3.8, 4) is 5.95 Å². The van der Waals surface area contributed by atoms with E-state index in [2.05, 4.69) is 15.4 Å². The molecule has 2 aromatic rings. The Hall–Kier alpha value is -2.48. The molecule has 2 aromatic heterocycles. The molecular weight excluding hydrogens is 322 g/mol. The average Bonchev–Trinajstić information content (AvgIpc) is 3.16. The Bertz CT molecular complexity index is 853. The molecule has 0 atom stereocenters. The van der Waals surface area contributed by atoms with Crippen LogP contribution in [0.25, 0.3) is 5.95 Å². The van der Waals surface area contributed by atoms with E-state index in [9.17, 15) is 9.59 Å². The van der Waals surface area contributed by atoms with Gasteiger partial charge in [-0.1, -0.05) is 0 Å². The number of fused-ring (bicyclic) bond motifs is 1. The zero-order chi connectivity index (χ0) is 18.0. The quantitative estimate of drug-likeness (QED) is 0.760. The molecule has 0 spiro atoms. The number of nitrogens with zero attached hydrogens (tertiary/aromatic N) is 4. The summed E-state index contributed by atoms with van der Waals surface area (Å²) < 4.78 is 7.99. The van der Waals surface area contributed by atoms with Crippen molar-refractivity contribution >= 4 is 5.91 Å². The molecule has 8 nitrogen and oxygen atoms in total. The number of amides is 1. The molecule has 0 aliphatic heterocycles. The largest absolute Gasteiger partial charge is 0.383 e. The van der Waals surface area contributed by atoms with Crippen LogP contribution < -0.4 is 10.9 Å². The van der Waals surface area contributed by atoms with Gasteiger partial charge in [-0.15, -0.1) is 0 Å². The van der Waals surface area contributed by atoms with Gasteiger partial charge in [0.25, 0.3) is 5.56 Å². The Morgan fingerprint density at radius 3 is 2.84 bits per heavy atom. The van der Waals surface area contributed by atoms with Crippen LogP contribution in [0.5, 0.6) is 0 Å². The van der Waals surface area contributed by atoms with Crippen LogP contribution in [0.15, 0.2) is 10.9 Å². The third kappa shape index (κ3) is 3.48. The average molecular weight is 345 g/mol. The van der Waals surface area contributed by atoms with Crippen LogP contribution in [0, 0.1) is 13.8 Å². The number of aromatic nitrogens is 4.